The molecule has 1 aromatic carbocycles. The maximum absolute atomic E-state index is 11.6. The van der Waals surface area contributed by atoms with Gasteiger partial charge in [0.2, 0.25) is 0 Å². The number of unbranched alkanes of at least 4 members (excludes halogenated alkanes) is 3. The second-order valence-electron chi connectivity index (χ2n) is 5.16. The van der Waals surface area contributed by atoms with Gasteiger partial charge in [0.1, 0.15) is 19.0 Å². The predicted octanol–water partition coefficient (Wildman–Crippen LogP) is 3.69. The van der Waals surface area contributed by atoms with Gasteiger partial charge in [0.05, 0.1) is 6.61 Å². The molecule has 6 heteroatoms. The Kier molecular flexibility index (Phi) is 9.33. The smallest absolute Gasteiger partial charge is 0.337 e. The highest BCUT2D eigenvalue weighted by atomic mass is 35.5. The molecular formula is C17H23ClO5. The van der Waals surface area contributed by atoms with Crippen LogP contribution < -0.4 is 4.74 Å². The largest absolute Gasteiger partial charge is 0.464 e. The van der Waals surface area contributed by atoms with Crippen LogP contribution >= 0.6 is 11.6 Å². The van der Waals surface area contributed by atoms with Crippen molar-refractivity contribution in [1.29, 1.82) is 0 Å². The molecule has 0 saturated heterocycles. The molecule has 0 spiro atoms. The van der Waals surface area contributed by atoms with E-state index >= 15 is 0 Å². The van der Waals surface area contributed by atoms with Crippen LogP contribution in [0.3, 0.4) is 0 Å². The van der Waals surface area contributed by atoms with E-state index in [4.69, 9.17) is 25.8 Å². The number of carbonyl (C=O) groups excluding carboxylic acids is 2. The van der Waals surface area contributed by atoms with E-state index in [1.54, 1.807) is 25.1 Å². The van der Waals surface area contributed by atoms with Crippen LogP contribution in [0.4, 0.5) is 0 Å². The molecule has 0 saturated carbocycles. The van der Waals surface area contributed by atoms with E-state index < -0.39 is 11.9 Å². The first-order valence-electron chi connectivity index (χ1n) is 7.73. The molecule has 0 aliphatic heterocycles. The van der Waals surface area contributed by atoms with Crippen LogP contribution in [0.2, 0.25) is 5.02 Å². The Morgan fingerprint density at radius 2 is 1.83 bits per heavy atom. The molecule has 0 radical (unpaired) electrons. The molecule has 0 aliphatic carbocycles. The number of hydrogen-bond acceptors (Lipinski definition) is 5. The maximum atomic E-state index is 11.6. The summed E-state index contributed by atoms with van der Waals surface area (Å²) in [6.45, 7) is 3.71. The maximum Gasteiger partial charge on any atom is 0.337 e. The van der Waals surface area contributed by atoms with E-state index in [0.717, 1.165) is 31.2 Å². The van der Waals surface area contributed by atoms with Crippen LogP contribution in [0.15, 0.2) is 18.2 Å². The number of ether oxygens (including phenoxy) is 3. The van der Waals surface area contributed by atoms with Crippen LogP contribution in [-0.4, -0.2) is 31.8 Å². The van der Waals surface area contributed by atoms with E-state index in [2.05, 4.69) is 6.92 Å². The van der Waals surface area contributed by atoms with Gasteiger partial charge in [-0.1, -0.05) is 37.8 Å². The number of esters is 2. The van der Waals surface area contributed by atoms with E-state index in [1.165, 1.54) is 0 Å². The van der Waals surface area contributed by atoms with Crippen molar-refractivity contribution in [3.63, 3.8) is 0 Å². The highest BCUT2D eigenvalue weighted by Crippen LogP contribution is 2.21. The van der Waals surface area contributed by atoms with Crippen molar-refractivity contribution in [2.45, 2.75) is 39.5 Å². The summed E-state index contributed by atoms with van der Waals surface area (Å²) >= 11 is 5.82. The molecule has 0 heterocycles. The van der Waals surface area contributed by atoms with Gasteiger partial charge in [0.15, 0.2) is 0 Å². The average molecular weight is 343 g/mol. The lowest BCUT2D eigenvalue weighted by Gasteiger charge is -2.08. The molecule has 1 aromatic rings. The van der Waals surface area contributed by atoms with Crippen LogP contribution in [-0.2, 0) is 19.1 Å². The molecule has 0 N–H and O–H groups in total. The van der Waals surface area contributed by atoms with Gasteiger partial charge in [0, 0.05) is 5.02 Å². The standard InChI is InChI=1S/C17H23ClO5/c1-3-4-5-6-9-22-16(19)11-21-12-17(20)23-15-8-7-14(18)10-13(15)2/h7-8,10H,3-6,9,11-12H2,1-2H3. The summed E-state index contributed by atoms with van der Waals surface area (Å²) in [5.41, 5.74) is 0.748. The van der Waals surface area contributed by atoms with Crippen molar-refractivity contribution >= 4 is 23.5 Å². The van der Waals surface area contributed by atoms with Crippen molar-refractivity contribution < 1.29 is 23.8 Å². The predicted molar refractivity (Wildman–Crippen MR) is 87.7 cm³/mol. The van der Waals surface area contributed by atoms with Crippen LogP contribution in [0.5, 0.6) is 5.75 Å². The third kappa shape index (κ3) is 8.57. The highest BCUT2D eigenvalue weighted by Gasteiger charge is 2.10. The lowest BCUT2D eigenvalue weighted by Crippen LogP contribution is -2.20. The molecule has 0 atom stereocenters. The zero-order valence-corrected chi connectivity index (χ0v) is 14.4. The topological polar surface area (TPSA) is 61.8 Å². The molecule has 0 aliphatic rings. The third-order valence-corrected chi connectivity index (χ3v) is 3.30. The Hall–Kier alpha value is -1.59. The second kappa shape index (κ2) is 11.0. The van der Waals surface area contributed by atoms with Crippen molar-refractivity contribution in [3.05, 3.63) is 28.8 Å². The number of benzene rings is 1. The van der Waals surface area contributed by atoms with Crippen molar-refractivity contribution in [3.8, 4) is 5.75 Å². The van der Waals surface area contributed by atoms with E-state index in [-0.39, 0.29) is 13.2 Å². The molecule has 0 unspecified atom stereocenters. The molecule has 128 valence electrons. The van der Waals surface area contributed by atoms with Crippen LogP contribution in [0, 0.1) is 6.92 Å². The monoisotopic (exact) mass is 342 g/mol. The zero-order chi connectivity index (χ0) is 17.1. The van der Waals surface area contributed by atoms with Crippen molar-refractivity contribution in [1.82, 2.24) is 0 Å². The first kappa shape index (κ1) is 19.5. The van der Waals surface area contributed by atoms with E-state index in [1.807, 2.05) is 0 Å². The van der Waals surface area contributed by atoms with Gasteiger partial charge < -0.3 is 14.2 Å². The van der Waals surface area contributed by atoms with Crippen molar-refractivity contribution in [2.75, 3.05) is 19.8 Å². The Morgan fingerprint density at radius 3 is 2.52 bits per heavy atom. The van der Waals surface area contributed by atoms with Crippen LogP contribution in [0.1, 0.15) is 38.2 Å². The van der Waals surface area contributed by atoms with Gasteiger partial charge in [-0.25, -0.2) is 9.59 Å². The molecule has 0 bridgehead atoms. The molecular weight excluding hydrogens is 320 g/mol. The second-order valence-corrected chi connectivity index (χ2v) is 5.59. The molecule has 0 amide bonds. The number of halogens is 1. The molecule has 1 rings (SSSR count). The fraction of sp³-hybridized carbons (Fsp3) is 0.529. The van der Waals surface area contributed by atoms with Crippen molar-refractivity contribution in [2.24, 2.45) is 0 Å². The van der Waals surface area contributed by atoms with Gasteiger partial charge in [-0.2, -0.15) is 0 Å². The average Bonchev–Trinajstić information content (AvgIpc) is 2.50. The summed E-state index contributed by atoms with van der Waals surface area (Å²) in [5, 5.41) is 0.570. The summed E-state index contributed by atoms with van der Waals surface area (Å²) < 4.78 is 15.1. The lowest BCUT2D eigenvalue weighted by atomic mass is 10.2. The minimum absolute atomic E-state index is 0.261. The molecule has 5 nitrogen and oxygen atoms in total. The number of rotatable bonds is 10. The summed E-state index contributed by atoms with van der Waals surface area (Å²) in [4.78, 5) is 23.0. The summed E-state index contributed by atoms with van der Waals surface area (Å²) in [6.07, 6.45) is 4.14. The van der Waals surface area contributed by atoms with Gasteiger partial charge in [-0.05, 0) is 37.1 Å². The Bertz CT molecular complexity index is 516. The van der Waals surface area contributed by atoms with Gasteiger partial charge in [-0.3, -0.25) is 0 Å². The van der Waals surface area contributed by atoms with Gasteiger partial charge in [0.25, 0.3) is 0 Å². The minimum Gasteiger partial charge on any atom is -0.464 e. The number of hydrogen-bond donors (Lipinski definition) is 0. The van der Waals surface area contributed by atoms with E-state index in [0.29, 0.717) is 17.4 Å². The first-order valence-corrected chi connectivity index (χ1v) is 8.11. The number of carbonyl (C=O) groups is 2. The fourth-order valence-electron chi connectivity index (χ4n) is 1.85. The van der Waals surface area contributed by atoms with Gasteiger partial charge in [-0.15, -0.1) is 0 Å². The quantitative estimate of drug-likeness (QED) is 0.368. The number of aryl methyl sites for hydroxylation is 1. The normalized spacial score (nSPS) is 10.4. The van der Waals surface area contributed by atoms with Gasteiger partial charge >= 0.3 is 11.9 Å². The SMILES string of the molecule is CCCCCCOC(=O)COCC(=O)Oc1ccc(Cl)cc1C. The van der Waals surface area contributed by atoms with E-state index in [9.17, 15) is 9.59 Å². The fourth-order valence-corrected chi connectivity index (χ4v) is 2.08. The lowest BCUT2D eigenvalue weighted by molar-refractivity contribution is -0.152. The summed E-state index contributed by atoms with van der Waals surface area (Å²) in [5.74, 6) is -0.635. The zero-order valence-electron chi connectivity index (χ0n) is 13.6. The first-order chi connectivity index (χ1) is 11.0. The molecule has 23 heavy (non-hydrogen) atoms. The Balaban J connectivity index is 2.17. The summed E-state index contributed by atoms with van der Waals surface area (Å²) in [6, 6.07) is 4.94. The highest BCUT2D eigenvalue weighted by molar-refractivity contribution is 6.30. The summed E-state index contributed by atoms with van der Waals surface area (Å²) in [7, 11) is 0. The Labute approximate surface area is 141 Å². The Morgan fingerprint density at radius 1 is 1.09 bits per heavy atom. The molecule has 0 aromatic heterocycles. The third-order valence-electron chi connectivity index (χ3n) is 3.06. The molecule has 0 fully saturated rings. The minimum atomic E-state index is -0.578. The van der Waals surface area contributed by atoms with Crippen LogP contribution in [0.25, 0.3) is 0 Å².